The van der Waals surface area contributed by atoms with Crippen molar-refractivity contribution in [2.45, 2.75) is 26.3 Å². The first kappa shape index (κ1) is 10.6. The van der Waals surface area contributed by atoms with Crippen LogP contribution < -0.4 is 5.32 Å². The van der Waals surface area contributed by atoms with Gasteiger partial charge in [-0.1, -0.05) is 11.6 Å². The topological polar surface area (TPSA) is 37.8 Å². The van der Waals surface area contributed by atoms with E-state index in [9.17, 15) is 0 Å². The maximum Gasteiger partial charge on any atom is 0.147 e. The monoisotopic (exact) mass is 241 g/mol. The molecule has 3 nitrogen and oxygen atoms in total. The van der Waals surface area contributed by atoms with E-state index in [0.717, 1.165) is 16.0 Å². The molecular weight excluding hydrogens is 230 g/mol. The summed E-state index contributed by atoms with van der Waals surface area (Å²) in [6.07, 6.45) is 1.54. The Balaban J connectivity index is 2.52. The Morgan fingerprint density at radius 1 is 1.33 bits per heavy atom. The summed E-state index contributed by atoms with van der Waals surface area (Å²) < 4.78 is 1.01. The molecule has 80 valence electrons. The number of fused-ring (bicyclic) bond motifs is 1. The standard InChI is InChI=1S/C10H12ClN3S/c1-10(2,3)14-9-8-7(12-5-13-9)6(11)4-15-8/h4-5H,1-3H3,(H,12,13,14). The number of hydrogen-bond donors (Lipinski definition) is 1. The van der Waals surface area contributed by atoms with E-state index in [4.69, 9.17) is 11.6 Å². The molecule has 0 aromatic carbocycles. The lowest BCUT2D eigenvalue weighted by Gasteiger charge is -2.21. The largest absolute Gasteiger partial charge is 0.364 e. The van der Waals surface area contributed by atoms with Gasteiger partial charge >= 0.3 is 0 Å². The van der Waals surface area contributed by atoms with Crippen LogP contribution in [-0.2, 0) is 0 Å². The van der Waals surface area contributed by atoms with Crippen molar-refractivity contribution >= 4 is 39.0 Å². The maximum absolute atomic E-state index is 6.01. The number of aromatic nitrogens is 2. The van der Waals surface area contributed by atoms with Gasteiger partial charge in [-0.2, -0.15) is 0 Å². The zero-order valence-electron chi connectivity index (χ0n) is 8.84. The van der Waals surface area contributed by atoms with Crippen molar-refractivity contribution in [3.63, 3.8) is 0 Å². The van der Waals surface area contributed by atoms with Crippen LogP contribution in [0.4, 0.5) is 5.82 Å². The minimum atomic E-state index is -0.0161. The van der Waals surface area contributed by atoms with Gasteiger partial charge < -0.3 is 5.32 Å². The number of nitrogens with one attached hydrogen (secondary N) is 1. The van der Waals surface area contributed by atoms with Crippen molar-refractivity contribution in [2.75, 3.05) is 5.32 Å². The van der Waals surface area contributed by atoms with E-state index >= 15 is 0 Å². The number of thiophene rings is 1. The molecule has 0 spiro atoms. The Bertz CT molecular complexity index is 487. The minimum Gasteiger partial charge on any atom is -0.364 e. The number of hydrogen-bond acceptors (Lipinski definition) is 4. The summed E-state index contributed by atoms with van der Waals surface area (Å²) in [4.78, 5) is 8.39. The Hall–Kier alpha value is -0.870. The molecule has 0 saturated carbocycles. The van der Waals surface area contributed by atoms with Crippen LogP contribution in [0.15, 0.2) is 11.7 Å². The van der Waals surface area contributed by atoms with E-state index in [-0.39, 0.29) is 5.54 Å². The average Bonchev–Trinajstić information content (AvgIpc) is 2.47. The molecule has 2 heterocycles. The van der Waals surface area contributed by atoms with E-state index in [1.807, 2.05) is 5.38 Å². The summed E-state index contributed by atoms with van der Waals surface area (Å²) in [5.74, 6) is 0.851. The number of rotatable bonds is 1. The fourth-order valence-corrected chi connectivity index (χ4v) is 2.42. The SMILES string of the molecule is CC(C)(C)Nc1ncnc2c(Cl)csc12. The molecule has 0 aliphatic heterocycles. The molecule has 0 bridgehead atoms. The molecule has 0 atom stereocenters. The fourth-order valence-electron chi connectivity index (χ4n) is 1.27. The normalized spacial score (nSPS) is 12.0. The van der Waals surface area contributed by atoms with E-state index < -0.39 is 0 Å². The highest BCUT2D eigenvalue weighted by Gasteiger charge is 2.14. The first-order valence-electron chi connectivity index (χ1n) is 4.63. The summed E-state index contributed by atoms with van der Waals surface area (Å²) in [6, 6.07) is 0. The van der Waals surface area contributed by atoms with E-state index in [2.05, 4.69) is 36.1 Å². The third kappa shape index (κ3) is 2.21. The van der Waals surface area contributed by atoms with Crippen molar-refractivity contribution in [3.05, 3.63) is 16.7 Å². The highest BCUT2D eigenvalue weighted by Crippen LogP contribution is 2.32. The maximum atomic E-state index is 6.01. The second-order valence-electron chi connectivity index (χ2n) is 4.36. The summed E-state index contributed by atoms with van der Waals surface area (Å²) in [5, 5.41) is 5.91. The first-order chi connectivity index (χ1) is 6.97. The molecule has 2 rings (SSSR count). The van der Waals surface area contributed by atoms with Crippen molar-refractivity contribution < 1.29 is 0 Å². The third-order valence-electron chi connectivity index (χ3n) is 1.80. The van der Waals surface area contributed by atoms with Crippen LogP contribution >= 0.6 is 22.9 Å². The Morgan fingerprint density at radius 3 is 2.73 bits per heavy atom. The molecule has 0 radical (unpaired) electrons. The molecule has 0 unspecified atom stereocenters. The van der Waals surface area contributed by atoms with Gasteiger partial charge in [0.25, 0.3) is 0 Å². The summed E-state index contributed by atoms with van der Waals surface area (Å²) in [5.41, 5.74) is 0.806. The van der Waals surface area contributed by atoms with Crippen LogP contribution in [0.3, 0.4) is 0 Å². The van der Waals surface area contributed by atoms with Crippen LogP contribution in [-0.4, -0.2) is 15.5 Å². The number of halogens is 1. The molecule has 15 heavy (non-hydrogen) atoms. The van der Waals surface area contributed by atoms with Gasteiger partial charge in [-0.15, -0.1) is 11.3 Å². The molecule has 0 aliphatic rings. The van der Waals surface area contributed by atoms with Crippen LogP contribution in [0.2, 0.25) is 5.02 Å². The molecule has 1 N–H and O–H groups in total. The Kier molecular flexibility index (Phi) is 2.56. The fraction of sp³-hybridized carbons (Fsp3) is 0.400. The van der Waals surface area contributed by atoms with Crippen molar-refractivity contribution in [1.82, 2.24) is 9.97 Å². The summed E-state index contributed by atoms with van der Waals surface area (Å²) >= 11 is 7.57. The minimum absolute atomic E-state index is 0.0161. The molecule has 0 saturated heterocycles. The van der Waals surface area contributed by atoms with Gasteiger partial charge in [0.05, 0.1) is 9.72 Å². The van der Waals surface area contributed by atoms with Crippen molar-refractivity contribution in [2.24, 2.45) is 0 Å². The Labute approximate surface area is 97.5 Å². The van der Waals surface area contributed by atoms with E-state index in [1.54, 1.807) is 11.3 Å². The molecule has 5 heteroatoms. The smallest absolute Gasteiger partial charge is 0.147 e. The van der Waals surface area contributed by atoms with Gasteiger partial charge in [0.15, 0.2) is 0 Å². The van der Waals surface area contributed by atoms with Gasteiger partial charge in [0.2, 0.25) is 0 Å². The van der Waals surface area contributed by atoms with Gasteiger partial charge in [0.1, 0.15) is 17.7 Å². The summed E-state index contributed by atoms with van der Waals surface area (Å²) in [6.45, 7) is 6.28. The first-order valence-corrected chi connectivity index (χ1v) is 5.89. The van der Waals surface area contributed by atoms with Gasteiger partial charge in [-0.25, -0.2) is 9.97 Å². The van der Waals surface area contributed by atoms with E-state index in [0.29, 0.717) is 5.02 Å². The summed E-state index contributed by atoms with van der Waals surface area (Å²) in [7, 11) is 0. The zero-order valence-corrected chi connectivity index (χ0v) is 10.4. The molecule has 2 aromatic rings. The highest BCUT2D eigenvalue weighted by atomic mass is 35.5. The van der Waals surface area contributed by atoms with Gasteiger partial charge in [-0.05, 0) is 20.8 Å². The molecule has 0 aliphatic carbocycles. The lowest BCUT2D eigenvalue weighted by molar-refractivity contribution is 0.631. The predicted molar refractivity (Wildman–Crippen MR) is 65.8 cm³/mol. The third-order valence-corrected chi connectivity index (χ3v) is 3.20. The molecular formula is C10H12ClN3S. The molecule has 0 amide bonds. The van der Waals surface area contributed by atoms with Gasteiger partial charge in [-0.3, -0.25) is 0 Å². The van der Waals surface area contributed by atoms with Crippen molar-refractivity contribution in [3.8, 4) is 0 Å². The quantitative estimate of drug-likeness (QED) is 0.830. The lowest BCUT2D eigenvalue weighted by Crippen LogP contribution is -2.26. The predicted octanol–water partition coefficient (Wildman–Crippen LogP) is 3.56. The zero-order chi connectivity index (χ0) is 11.1. The number of nitrogens with zero attached hydrogens (tertiary/aromatic N) is 2. The van der Waals surface area contributed by atoms with Gasteiger partial charge in [0, 0.05) is 10.9 Å². The van der Waals surface area contributed by atoms with E-state index in [1.165, 1.54) is 6.33 Å². The molecule has 0 fully saturated rings. The Morgan fingerprint density at radius 2 is 2.07 bits per heavy atom. The van der Waals surface area contributed by atoms with Crippen LogP contribution in [0.5, 0.6) is 0 Å². The second kappa shape index (κ2) is 3.61. The highest BCUT2D eigenvalue weighted by molar-refractivity contribution is 7.18. The lowest BCUT2D eigenvalue weighted by atomic mass is 10.1. The number of anilines is 1. The van der Waals surface area contributed by atoms with Crippen LogP contribution in [0.25, 0.3) is 10.2 Å². The van der Waals surface area contributed by atoms with Crippen LogP contribution in [0, 0.1) is 0 Å². The second-order valence-corrected chi connectivity index (χ2v) is 5.65. The average molecular weight is 242 g/mol. The van der Waals surface area contributed by atoms with Crippen LogP contribution in [0.1, 0.15) is 20.8 Å². The van der Waals surface area contributed by atoms with Crippen molar-refractivity contribution in [1.29, 1.82) is 0 Å². The molecule has 2 aromatic heterocycles.